The zero-order chi connectivity index (χ0) is 11.1. The normalized spacial score (nSPS) is 22.6. The molecule has 0 spiro atoms. The fraction of sp³-hybridized carbons (Fsp3) is 1.00. The molecule has 90 valence electrons. The molecule has 0 aliphatic heterocycles. The molecule has 0 saturated heterocycles. The van der Waals surface area contributed by atoms with Crippen molar-refractivity contribution in [3.05, 3.63) is 0 Å². The molecule has 0 radical (unpaired) electrons. The molecule has 0 aromatic carbocycles. The van der Waals surface area contributed by atoms with Gasteiger partial charge in [0.05, 0.1) is 0 Å². The molecule has 1 nitrogen and oxygen atoms in total. The van der Waals surface area contributed by atoms with E-state index >= 15 is 0 Å². The van der Waals surface area contributed by atoms with Gasteiger partial charge in [0, 0.05) is 18.5 Å². The number of alkyl halides is 1. The van der Waals surface area contributed by atoms with Crippen molar-refractivity contribution in [2.75, 3.05) is 12.4 Å². The van der Waals surface area contributed by atoms with Crippen LogP contribution in [0.25, 0.3) is 0 Å². The molecule has 15 heavy (non-hydrogen) atoms. The molecule has 2 heteroatoms. The lowest BCUT2D eigenvalue weighted by Gasteiger charge is -2.36. The second kappa shape index (κ2) is 6.75. The largest absolute Gasteiger partial charge is 0.314 e. The topological polar surface area (TPSA) is 12.0 Å². The van der Waals surface area contributed by atoms with Crippen LogP contribution in [0.15, 0.2) is 0 Å². The number of hydrogen-bond acceptors (Lipinski definition) is 1. The molecule has 0 aromatic heterocycles. The van der Waals surface area contributed by atoms with Crippen LogP contribution in [0.4, 0.5) is 0 Å². The van der Waals surface area contributed by atoms with E-state index < -0.39 is 0 Å². The van der Waals surface area contributed by atoms with E-state index in [2.05, 4.69) is 19.2 Å². The van der Waals surface area contributed by atoms with Gasteiger partial charge in [-0.1, -0.05) is 32.6 Å². The Morgan fingerprint density at radius 1 is 1.27 bits per heavy atom. The van der Waals surface area contributed by atoms with Crippen molar-refractivity contribution in [1.82, 2.24) is 5.32 Å². The van der Waals surface area contributed by atoms with Crippen molar-refractivity contribution >= 4 is 11.6 Å². The highest BCUT2D eigenvalue weighted by Gasteiger charge is 2.30. The Bertz CT molecular complexity index is 164. The average Bonchev–Trinajstić information content (AvgIpc) is 2.28. The lowest BCUT2D eigenvalue weighted by atomic mass is 9.75. The Kier molecular flexibility index (Phi) is 5.99. The molecule has 1 N–H and O–H groups in total. The summed E-state index contributed by atoms with van der Waals surface area (Å²) in [5.74, 6) is 0.832. The van der Waals surface area contributed by atoms with Gasteiger partial charge in [0.15, 0.2) is 0 Å². The van der Waals surface area contributed by atoms with Crippen LogP contribution in [-0.2, 0) is 0 Å². The summed E-state index contributed by atoms with van der Waals surface area (Å²) < 4.78 is 0. The molecule has 0 bridgehead atoms. The van der Waals surface area contributed by atoms with Gasteiger partial charge in [0.25, 0.3) is 0 Å². The number of halogens is 1. The molecule has 1 aliphatic carbocycles. The second-order valence-corrected chi connectivity index (χ2v) is 5.53. The van der Waals surface area contributed by atoms with Gasteiger partial charge >= 0.3 is 0 Å². The number of hydrogen-bond donors (Lipinski definition) is 1. The summed E-state index contributed by atoms with van der Waals surface area (Å²) in [4.78, 5) is 0. The summed E-state index contributed by atoms with van der Waals surface area (Å²) in [5.41, 5.74) is 0.405. The van der Waals surface area contributed by atoms with Gasteiger partial charge in [-0.2, -0.15) is 0 Å². The monoisotopic (exact) mass is 231 g/mol. The average molecular weight is 232 g/mol. The van der Waals surface area contributed by atoms with E-state index in [1.807, 2.05) is 0 Å². The van der Waals surface area contributed by atoms with Gasteiger partial charge in [-0.3, -0.25) is 0 Å². The molecule has 0 aromatic rings. The third-order valence-corrected chi connectivity index (χ3v) is 4.31. The Hall–Kier alpha value is 0.250. The molecule has 1 rings (SSSR count). The van der Waals surface area contributed by atoms with Crippen LogP contribution in [0.2, 0.25) is 0 Å². The first-order chi connectivity index (χ1) is 7.22. The Balaban J connectivity index is 2.32. The van der Waals surface area contributed by atoms with E-state index in [1.54, 1.807) is 0 Å². The summed E-state index contributed by atoms with van der Waals surface area (Å²) in [7, 11) is 0. The van der Waals surface area contributed by atoms with Crippen LogP contribution < -0.4 is 5.32 Å². The zero-order valence-corrected chi connectivity index (χ0v) is 11.1. The highest BCUT2D eigenvalue weighted by molar-refractivity contribution is 6.18. The minimum atomic E-state index is 0.405. The van der Waals surface area contributed by atoms with Crippen molar-refractivity contribution in [2.45, 2.75) is 64.8 Å². The van der Waals surface area contributed by atoms with E-state index in [0.717, 1.165) is 12.4 Å². The van der Waals surface area contributed by atoms with Crippen molar-refractivity contribution in [3.63, 3.8) is 0 Å². The van der Waals surface area contributed by atoms with Gasteiger partial charge in [0.1, 0.15) is 0 Å². The third kappa shape index (κ3) is 4.32. The summed E-state index contributed by atoms with van der Waals surface area (Å²) in [6, 6.07) is 0.650. The zero-order valence-electron chi connectivity index (χ0n) is 10.3. The minimum absolute atomic E-state index is 0.405. The van der Waals surface area contributed by atoms with E-state index in [9.17, 15) is 0 Å². The molecule has 1 aliphatic rings. The van der Waals surface area contributed by atoms with Gasteiger partial charge in [-0.05, 0) is 31.6 Å². The molecule has 1 unspecified atom stereocenters. The molecule has 1 saturated carbocycles. The van der Waals surface area contributed by atoms with Crippen molar-refractivity contribution in [3.8, 4) is 0 Å². The lowest BCUT2D eigenvalue weighted by molar-refractivity contribution is 0.204. The summed E-state index contributed by atoms with van der Waals surface area (Å²) in [5, 5.41) is 3.66. The molecule has 1 atom stereocenters. The van der Waals surface area contributed by atoms with Crippen molar-refractivity contribution < 1.29 is 0 Å². The third-order valence-electron chi connectivity index (χ3n) is 3.74. The van der Waals surface area contributed by atoms with Crippen LogP contribution in [0.1, 0.15) is 58.8 Å². The van der Waals surface area contributed by atoms with Gasteiger partial charge in [-0.25, -0.2) is 0 Å². The maximum Gasteiger partial charge on any atom is 0.0292 e. The Labute approximate surface area is 100.0 Å². The van der Waals surface area contributed by atoms with E-state index in [0.29, 0.717) is 11.5 Å². The minimum Gasteiger partial charge on any atom is -0.314 e. The number of rotatable bonds is 6. The molecular weight excluding hydrogens is 206 g/mol. The molecular formula is C13H26ClN. The van der Waals surface area contributed by atoms with Crippen LogP contribution in [0, 0.1) is 5.41 Å². The van der Waals surface area contributed by atoms with Crippen molar-refractivity contribution in [1.29, 1.82) is 0 Å². The fourth-order valence-electron chi connectivity index (χ4n) is 2.59. The molecule has 1 fully saturated rings. The Morgan fingerprint density at radius 2 is 1.93 bits per heavy atom. The SMILES string of the molecule is CCCC(C)NCC1(CCl)CCCCC1. The molecule has 0 amide bonds. The Morgan fingerprint density at radius 3 is 2.47 bits per heavy atom. The smallest absolute Gasteiger partial charge is 0.0292 e. The number of nitrogens with one attached hydrogen (secondary N) is 1. The highest BCUT2D eigenvalue weighted by atomic mass is 35.5. The van der Waals surface area contributed by atoms with E-state index in [4.69, 9.17) is 11.6 Å². The van der Waals surface area contributed by atoms with E-state index in [-0.39, 0.29) is 0 Å². The quantitative estimate of drug-likeness (QED) is 0.683. The van der Waals surface area contributed by atoms with Crippen LogP contribution in [0.5, 0.6) is 0 Å². The maximum absolute atomic E-state index is 6.16. The lowest BCUT2D eigenvalue weighted by Crippen LogP contribution is -2.41. The predicted octanol–water partition coefficient (Wildman–Crippen LogP) is 3.95. The summed E-state index contributed by atoms with van der Waals surface area (Å²) in [6.07, 6.45) is 9.33. The first-order valence-corrected chi connectivity index (χ1v) is 7.05. The fourth-order valence-corrected chi connectivity index (χ4v) is 2.95. The standard InChI is InChI=1S/C13H26ClN/c1-3-7-12(2)15-11-13(10-14)8-5-4-6-9-13/h12,15H,3-11H2,1-2H3. The maximum atomic E-state index is 6.16. The van der Waals surface area contributed by atoms with Crippen LogP contribution >= 0.6 is 11.6 Å². The van der Waals surface area contributed by atoms with Gasteiger partial charge in [-0.15, -0.1) is 11.6 Å². The van der Waals surface area contributed by atoms with Crippen LogP contribution in [-0.4, -0.2) is 18.5 Å². The first-order valence-electron chi connectivity index (χ1n) is 6.52. The van der Waals surface area contributed by atoms with Gasteiger partial charge < -0.3 is 5.32 Å². The summed E-state index contributed by atoms with van der Waals surface area (Å²) >= 11 is 6.16. The summed E-state index contributed by atoms with van der Waals surface area (Å²) in [6.45, 7) is 5.65. The van der Waals surface area contributed by atoms with Gasteiger partial charge in [0.2, 0.25) is 0 Å². The van der Waals surface area contributed by atoms with Crippen molar-refractivity contribution in [2.24, 2.45) is 5.41 Å². The highest BCUT2D eigenvalue weighted by Crippen LogP contribution is 2.36. The molecule has 0 heterocycles. The predicted molar refractivity (Wildman–Crippen MR) is 68.6 cm³/mol. The van der Waals surface area contributed by atoms with E-state index in [1.165, 1.54) is 44.9 Å². The first kappa shape index (κ1) is 13.3. The second-order valence-electron chi connectivity index (χ2n) is 5.26. The van der Waals surface area contributed by atoms with Crippen LogP contribution in [0.3, 0.4) is 0 Å².